The van der Waals surface area contributed by atoms with Crippen LogP contribution in [0.2, 0.25) is 0 Å². The first kappa shape index (κ1) is 35.1. The van der Waals surface area contributed by atoms with Crippen molar-refractivity contribution in [2.24, 2.45) is 0 Å². The monoisotopic (exact) mass is 598 g/mol. The van der Waals surface area contributed by atoms with E-state index in [1.54, 1.807) is 13.8 Å². The van der Waals surface area contributed by atoms with Gasteiger partial charge < -0.3 is 23.7 Å². The molecule has 0 saturated carbocycles. The van der Waals surface area contributed by atoms with E-state index in [1.807, 2.05) is 13.8 Å². The average Bonchev–Trinajstić information content (AvgIpc) is 2.93. The molecule has 0 spiro atoms. The normalized spacial score (nSPS) is 14.7. The van der Waals surface area contributed by atoms with Crippen LogP contribution in [-0.2, 0) is 38.1 Å². The van der Waals surface area contributed by atoms with E-state index in [9.17, 15) is 29.3 Å². The summed E-state index contributed by atoms with van der Waals surface area (Å²) in [5, 5.41) is 11.5. The summed E-state index contributed by atoms with van der Waals surface area (Å²) in [7, 11) is 1.41. The second kappa shape index (κ2) is 17.0. The first-order chi connectivity index (χ1) is 19.4. The lowest BCUT2D eigenvalue weighted by molar-refractivity contribution is -0.384. The van der Waals surface area contributed by atoms with Gasteiger partial charge in [-0.05, 0) is 33.3 Å². The highest BCUT2D eigenvalue weighted by atomic mass is 35.5. The van der Waals surface area contributed by atoms with Crippen LogP contribution < -0.4 is 0 Å². The maximum Gasteiger partial charge on any atom is 0.421 e. The maximum absolute atomic E-state index is 13.4. The van der Waals surface area contributed by atoms with Gasteiger partial charge >= 0.3 is 24.0 Å². The molecule has 1 aliphatic heterocycles. The molecule has 0 fully saturated rings. The van der Waals surface area contributed by atoms with Crippen molar-refractivity contribution in [1.29, 1.82) is 0 Å². The van der Waals surface area contributed by atoms with Crippen LogP contribution in [0.3, 0.4) is 0 Å². The Hall–Kier alpha value is -3.97. The van der Waals surface area contributed by atoms with Gasteiger partial charge in [-0.3, -0.25) is 19.8 Å². The molecule has 1 atom stereocenters. The number of benzene rings is 1. The summed E-state index contributed by atoms with van der Waals surface area (Å²) in [5.74, 6) is -4.29. The van der Waals surface area contributed by atoms with E-state index in [0.717, 1.165) is 4.90 Å². The van der Waals surface area contributed by atoms with Crippen molar-refractivity contribution in [2.45, 2.75) is 53.6 Å². The fourth-order valence-corrected chi connectivity index (χ4v) is 3.91. The molecular formula is C27H35ClN2O11. The number of methoxy groups -OCH3 is 1. The molecule has 0 aliphatic carbocycles. The number of rotatable bonds is 11. The van der Waals surface area contributed by atoms with E-state index in [0.29, 0.717) is 0 Å². The molecule has 41 heavy (non-hydrogen) atoms. The highest BCUT2D eigenvalue weighted by molar-refractivity contribution is 6.26. The highest BCUT2D eigenvalue weighted by Crippen LogP contribution is 2.44. The van der Waals surface area contributed by atoms with Crippen LogP contribution in [0.25, 0.3) is 0 Å². The number of esters is 3. The Bertz CT molecular complexity index is 1190. The lowest BCUT2D eigenvalue weighted by atomic mass is 9.79. The minimum atomic E-state index is -1.20. The van der Waals surface area contributed by atoms with Crippen LogP contribution in [0.5, 0.6) is 0 Å². The predicted molar refractivity (Wildman–Crippen MR) is 147 cm³/mol. The molecule has 0 bridgehead atoms. The molecule has 1 unspecified atom stereocenters. The fraction of sp³-hybridized carbons (Fsp3) is 0.481. The zero-order valence-corrected chi connectivity index (χ0v) is 24.8. The Morgan fingerprint density at radius 2 is 1.61 bits per heavy atom. The third kappa shape index (κ3) is 9.29. The van der Waals surface area contributed by atoms with Crippen molar-refractivity contribution in [1.82, 2.24) is 4.90 Å². The summed E-state index contributed by atoms with van der Waals surface area (Å²) in [6, 6.07) is 5.38. The lowest BCUT2D eigenvalue weighted by Gasteiger charge is -2.36. The highest BCUT2D eigenvalue weighted by Gasteiger charge is 2.43. The van der Waals surface area contributed by atoms with Gasteiger partial charge in [0.2, 0.25) is 6.79 Å². The third-order valence-electron chi connectivity index (χ3n) is 5.44. The molecule has 1 aromatic rings. The number of hydrogen-bond acceptors (Lipinski definition) is 11. The summed E-state index contributed by atoms with van der Waals surface area (Å²) in [6.45, 7) is 9.18. The molecule has 0 radical (unpaired) electrons. The largest absolute Gasteiger partial charge is 0.460 e. The minimum absolute atomic E-state index is 0.0150. The molecular weight excluding hydrogens is 564 g/mol. The number of carbonyl (C=O) groups excluding carboxylic acids is 4. The molecule has 2 rings (SSSR count). The van der Waals surface area contributed by atoms with E-state index in [1.165, 1.54) is 45.2 Å². The van der Waals surface area contributed by atoms with Gasteiger partial charge in [0.05, 0.1) is 34.7 Å². The number of alkyl halides is 1. The molecule has 0 N–H and O–H groups in total. The van der Waals surface area contributed by atoms with E-state index in [-0.39, 0.29) is 47.0 Å². The van der Waals surface area contributed by atoms with Crippen molar-refractivity contribution in [3.05, 3.63) is 62.5 Å². The van der Waals surface area contributed by atoms with Gasteiger partial charge in [-0.15, -0.1) is 11.6 Å². The number of amides is 1. The second-order valence-corrected chi connectivity index (χ2v) is 8.65. The number of ether oxygens (including phenoxy) is 5. The van der Waals surface area contributed by atoms with Gasteiger partial charge in [0.25, 0.3) is 5.69 Å². The molecule has 0 saturated heterocycles. The van der Waals surface area contributed by atoms with Gasteiger partial charge in [0, 0.05) is 30.6 Å². The SMILES string of the molecule is CC.COCCOC(=O)C1=C(C)N(C(=O)OCOC(=O)CCl)C(C)=C(C(=O)OC(C)C)C1c1cccc([N+](=O)[O-])c1. The Morgan fingerprint density at radius 3 is 2.15 bits per heavy atom. The van der Waals surface area contributed by atoms with Gasteiger partial charge in [-0.25, -0.2) is 14.4 Å². The Morgan fingerprint density at radius 1 is 1.00 bits per heavy atom. The van der Waals surface area contributed by atoms with Crippen LogP contribution in [0.1, 0.15) is 53.0 Å². The first-order valence-corrected chi connectivity index (χ1v) is 13.2. The van der Waals surface area contributed by atoms with Crippen LogP contribution in [0.4, 0.5) is 10.5 Å². The summed E-state index contributed by atoms with van der Waals surface area (Å²) in [5.41, 5.74) is -0.348. The zero-order chi connectivity index (χ0) is 31.3. The number of hydrogen-bond donors (Lipinski definition) is 0. The Balaban J connectivity index is 0.00000411. The van der Waals surface area contributed by atoms with E-state index in [2.05, 4.69) is 4.74 Å². The molecule has 1 amide bonds. The summed E-state index contributed by atoms with van der Waals surface area (Å²) >= 11 is 5.37. The summed E-state index contributed by atoms with van der Waals surface area (Å²) < 4.78 is 25.4. The number of nitro groups is 1. The van der Waals surface area contributed by atoms with Crippen molar-refractivity contribution in [2.75, 3.05) is 33.0 Å². The van der Waals surface area contributed by atoms with Crippen LogP contribution in [0.15, 0.2) is 46.8 Å². The molecule has 13 nitrogen and oxygen atoms in total. The van der Waals surface area contributed by atoms with E-state index in [4.69, 9.17) is 30.5 Å². The second-order valence-electron chi connectivity index (χ2n) is 8.38. The van der Waals surface area contributed by atoms with Crippen LogP contribution in [0, 0.1) is 10.1 Å². The van der Waals surface area contributed by atoms with Gasteiger partial charge in [-0.1, -0.05) is 26.0 Å². The molecule has 0 aromatic heterocycles. The van der Waals surface area contributed by atoms with E-state index < -0.39 is 53.6 Å². The predicted octanol–water partition coefficient (Wildman–Crippen LogP) is 4.59. The lowest BCUT2D eigenvalue weighted by Crippen LogP contribution is -2.39. The number of allylic oxidation sites excluding steroid dienone is 2. The topological polar surface area (TPSA) is 161 Å². The Kier molecular flexibility index (Phi) is 14.5. The number of carbonyl (C=O) groups is 4. The van der Waals surface area contributed by atoms with Gasteiger partial charge in [0.1, 0.15) is 12.5 Å². The number of nitro benzene ring substituents is 1. The smallest absolute Gasteiger partial charge is 0.421 e. The third-order valence-corrected chi connectivity index (χ3v) is 5.66. The van der Waals surface area contributed by atoms with Crippen LogP contribution in [-0.4, -0.2) is 72.9 Å². The van der Waals surface area contributed by atoms with Crippen molar-refractivity contribution < 1.29 is 47.8 Å². The Labute approximate surface area is 243 Å². The fourth-order valence-electron chi connectivity index (χ4n) is 3.83. The van der Waals surface area contributed by atoms with Crippen molar-refractivity contribution >= 4 is 41.3 Å². The first-order valence-electron chi connectivity index (χ1n) is 12.7. The maximum atomic E-state index is 13.4. The number of non-ortho nitro benzene ring substituents is 1. The van der Waals surface area contributed by atoms with Crippen LogP contribution >= 0.6 is 11.6 Å². The number of halogens is 1. The zero-order valence-electron chi connectivity index (χ0n) is 24.1. The van der Waals surface area contributed by atoms with Crippen molar-refractivity contribution in [3.63, 3.8) is 0 Å². The average molecular weight is 599 g/mol. The molecule has 14 heteroatoms. The summed E-state index contributed by atoms with van der Waals surface area (Å²) in [4.78, 5) is 63.0. The standard InChI is InChI=1S/C25H29ClN2O11.C2H6/c1-14(2)39-24(31)21-16(4)27(25(32)38-13-37-19(29)12-26)15(3)20(23(30)36-10-9-35-5)22(21)17-7-6-8-18(11-17)28(33)34;1-2/h6-8,11,14,22H,9-10,12-13H2,1-5H3;1-2H3. The quantitative estimate of drug-likeness (QED) is 0.0666. The molecule has 1 aliphatic rings. The molecule has 1 aromatic carbocycles. The van der Waals surface area contributed by atoms with Gasteiger partial charge in [0.15, 0.2) is 0 Å². The number of nitrogens with zero attached hydrogens (tertiary/aromatic N) is 2. The van der Waals surface area contributed by atoms with E-state index >= 15 is 0 Å². The minimum Gasteiger partial charge on any atom is -0.460 e. The van der Waals surface area contributed by atoms with Crippen molar-refractivity contribution in [3.8, 4) is 0 Å². The molecule has 1 heterocycles. The summed E-state index contributed by atoms with van der Waals surface area (Å²) in [6.07, 6.45) is -1.66. The molecule has 226 valence electrons. The van der Waals surface area contributed by atoms with Gasteiger partial charge in [-0.2, -0.15) is 0 Å².